The molecule has 0 saturated carbocycles. The Hall–Kier alpha value is -2.34. The van der Waals surface area contributed by atoms with Gasteiger partial charge in [0.15, 0.2) is 0 Å². The number of aryl methyl sites for hydroxylation is 1. The molecule has 0 saturated heterocycles. The third kappa shape index (κ3) is 2.94. The van der Waals surface area contributed by atoms with Gasteiger partial charge in [0.2, 0.25) is 0 Å². The molecule has 0 atom stereocenters. The number of fused-ring (bicyclic) bond motifs is 1. The second kappa shape index (κ2) is 6.04. The Labute approximate surface area is 135 Å². The summed E-state index contributed by atoms with van der Waals surface area (Å²) >= 11 is 1.18. The van der Waals surface area contributed by atoms with Crippen LogP contribution in [-0.2, 0) is 4.74 Å². The maximum absolute atomic E-state index is 14.0. The zero-order chi connectivity index (χ0) is 16.6. The molecule has 1 heterocycles. The molecule has 1 aromatic heterocycles. The van der Waals surface area contributed by atoms with E-state index in [9.17, 15) is 13.6 Å². The van der Waals surface area contributed by atoms with E-state index in [1.54, 1.807) is 26.0 Å². The van der Waals surface area contributed by atoms with Crippen LogP contribution >= 0.6 is 11.3 Å². The third-order valence-electron chi connectivity index (χ3n) is 3.42. The molecule has 0 aliphatic heterocycles. The number of esters is 1. The van der Waals surface area contributed by atoms with Gasteiger partial charge in [0.25, 0.3) is 0 Å². The Balaban J connectivity index is 2.09. The number of ether oxygens (including phenoxy) is 1. The summed E-state index contributed by atoms with van der Waals surface area (Å²) in [4.78, 5) is 16.3. The van der Waals surface area contributed by atoms with Crippen molar-refractivity contribution in [1.82, 2.24) is 4.98 Å². The van der Waals surface area contributed by atoms with Gasteiger partial charge in [0, 0.05) is 17.0 Å². The average Bonchev–Trinajstić information content (AvgIpc) is 2.98. The molecular weight excluding hydrogens is 320 g/mol. The molecule has 0 unspecified atom stereocenters. The number of carbonyl (C=O) groups excluding carboxylic acids is 1. The average molecular weight is 333 g/mol. The van der Waals surface area contributed by atoms with Crippen molar-refractivity contribution >= 4 is 28.1 Å². The van der Waals surface area contributed by atoms with Gasteiger partial charge < -0.3 is 4.74 Å². The lowest BCUT2D eigenvalue weighted by molar-refractivity contribution is 0.0532. The molecule has 0 fully saturated rings. The molecule has 2 aromatic carbocycles. The van der Waals surface area contributed by atoms with Crippen molar-refractivity contribution < 1.29 is 18.3 Å². The van der Waals surface area contributed by atoms with Crippen molar-refractivity contribution in [3.63, 3.8) is 0 Å². The predicted molar refractivity (Wildman–Crippen MR) is 85.7 cm³/mol. The van der Waals surface area contributed by atoms with Gasteiger partial charge in [-0.05, 0) is 43.0 Å². The minimum atomic E-state index is -0.618. The second-order valence-corrected chi connectivity index (χ2v) is 6.06. The lowest BCUT2D eigenvalue weighted by Crippen LogP contribution is -2.01. The van der Waals surface area contributed by atoms with Crippen molar-refractivity contribution in [3.05, 3.63) is 52.5 Å². The minimum Gasteiger partial charge on any atom is -0.462 e. The molecule has 23 heavy (non-hydrogen) atoms. The van der Waals surface area contributed by atoms with Crippen molar-refractivity contribution in [2.75, 3.05) is 6.61 Å². The second-order valence-electron chi connectivity index (χ2n) is 5.03. The van der Waals surface area contributed by atoms with Gasteiger partial charge in [-0.1, -0.05) is 0 Å². The molecule has 3 nitrogen and oxygen atoms in total. The number of hydrogen-bond donors (Lipinski definition) is 0. The number of hydrogen-bond acceptors (Lipinski definition) is 4. The van der Waals surface area contributed by atoms with E-state index in [0.29, 0.717) is 26.2 Å². The largest absolute Gasteiger partial charge is 0.462 e. The lowest BCUT2D eigenvalue weighted by Gasteiger charge is -2.07. The van der Waals surface area contributed by atoms with E-state index in [1.807, 2.05) is 0 Å². The van der Waals surface area contributed by atoms with Gasteiger partial charge in [-0.3, -0.25) is 0 Å². The number of rotatable bonds is 3. The fraction of sp³-hybridized carbons (Fsp3) is 0.176. The standard InChI is InChI=1S/C17H13F2NO2S/c1-3-22-17(21)15-8-20-16(23-15)10-4-9(2)12-6-11(18)7-14(19)13(12)5-10/h4-8H,3H2,1-2H3. The highest BCUT2D eigenvalue weighted by atomic mass is 32.1. The summed E-state index contributed by atoms with van der Waals surface area (Å²) in [5.41, 5.74) is 1.42. The van der Waals surface area contributed by atoms with Gasteiger partial charge in [0.1, 0.15) is 21.5 Å². The fourth-order valence-corrected chi connectivity index (χ4v) is 3.19. The quantitative estimate of drug-likeness (QED) is 0.651. The maximum atomic E-state index is 14.0. The summed E-state index contributed by atoms with van der Waals surface area (Å²) < 4.78 is 32.3. The number of halogens is 2. The summed E-state index contributed by atoms with van der Waals surface area (Å²) in [5, 5.41) is 1.43. The Morgan fingerprint density at radius 2 is 2.00 bits per heavy atom. The predicted octanol–water partition coefficient (Wildman–Crippen LogP) is 4.73. The molecule has 118 valence electrons. The maximum Gasteiger partial charge on any atom is 0.349 e. The summed E-state index contributed by atoms with van der Waals surface area (Å²) in [7, 11) is 0. The Morgan fingerprint density at radius 3 is 2.74 bits per heavy atom. The summed E-state index contributed by atoms with van der Waals surface area (Å²) in [5.74, 6) is -1.65. The molecule has 0 amide bonds. The van der Waals surface area contributed by atoms with Gasteiger partial charge in [-0.2, -0.15) is 0 Å². The van der Waals surface area contributed by atoms with E-state index < -0.39 is 17.6 Å². The zero-order valence-electron chi connectivity index (χ0n) is 12.5. The Morgan fingerprint density at radius 1 is 1.22 bits per heavy atom. The van der Waals surface area contributed by atoms with Gasteiger partial charge in [0.05, 0.1) is 12.8 Å². The number of carbonyl (C=O) groups is 1. The van der Waals surface area contributed by atoms with Crippen LogP contribution in [0, 0.1) is 18.6 Å². The first kappa shape index (κ1) is 15.6. The van der Waals surface area contributed by atoms with Crippen molar-refractivity contribution in [3.8, 4) is 10.6 Å². The summed E-state index contributed by atoms with van der Waals surface area (Å²) in [6.45, 7) is 3.80. The first-order valence-corrected chi connectivity index (χ1v) is 7.84. The molecule has 0 aliphatic rings. The smallest absolute Gasteiger partial charge is 0.349 e. The van der Waals surface area contributed by atoms with Crippen molar-refractivity contribution in [1.29, 1.82) is 0 Å². The highest BCUT2D eigenvalue weighted by Crippen LogP contribution is 2.32. The van der Waals surface area contributed by atoms with Crippen LogP contribution < -0.4 is 0 Å². The van der Waals surface area contributed by atoms with E-state index in [-0.39, 0.29) is 6.61 Å². The SMILES string of the molecule is CCOC(=O)c1cnc(-c2cc(C)c3cc(F)cc(F)c3c2)s1. The molecule has 0 radical (unpaired) electrons. The molecular formula is C17H13F2NO2S. The molecule has 0 bridgehead atoms. The molecule has 0 spiro atoms. The van der Waals surface area contributed by atoms with Gasteiger partial charge in [-0.25, -0.2) is 18.6 Å². The molecule has 0 aliphatic carbocycles. The van der Waals surface area contributed by atoms with E-state index in [1.165, 1.54) is 23.6 Å². The lowest BCUT2D eigenvalue weighted by atomic mass is 10.0. The van der Waals surface area contributed by atoms with Gasteiger partial charge >= 0.3 is 5.97 Å². The first-order chi connectivity index (χ1) is 11.0. The topological polar surface area (TPSA) is 39.2 Å². The molecule has 3 rings (SSSR count). The van der Waals surface area contributed by atoms with E-state index in [2.05, 4.69) is 4.98 Å². The fourth-order valence-electron chi connectivity index (χ4n) is 2.39. The van der Waals surface area contributed by atoms with Crippen LogP contribution in [0.4, 0.5) is 8.78 Å². The molecule has 0 N–H and O–H groups in total. The monoisotopic (exact) mass is 333 g/mol. The Bertz CT molecular complexity index is 905. The highest BCUT2D eigenvalue weighted by molar-refractivity contribution is 7.16. The van der Waals surface area contributed by atoms with E-state index in [0.717, 1.165) is 11.6 Å². The number of nitrogens with zero attached hydrogens (tertiary/aromatic N) is 1. The molecule has 3 aromatic rings. The van der Waals surface area contributed by atoms with Crippen LogP contribution in [0.2, 0.25) is 0 Å². The summed E-state index contributed by atoms with van der Waals surface area (Å²) in [6, 6.07) is 5.58. The zero-order valence-corrected chi connectivity index (χ0v) is 13.3. The van der Waals surface area contributed by atoms with Crippen LogP contribution in [0.15, 0.2) is 30.5 Å². The Kier molecular flexibility index (Phi) is 4.09. The third-order valence-corrected chi connectivity index (χ3v) is 4.45. The number of aromatic nitrogens is 1. The van der Waals surface area contributed by atoms with Crippen molar-refractivity contribution in [2.24, 2.45) is 0 Å². The van der Waals surface area contributed by atoms with Crippen molar-refractivity contribution in [2.45, 2.75) is 13.8 Å². The first-order valence-electron chi connectivity index (χ1n) is 7.02. The van der Waals surface area contributed by atoms with Crippen LogP contribution in [-0.4, -0.2) is 17.6 Å². The molecule has 6 heteroatoms. The van der Waals surface area contributed by atoms with Crippen LogP contribution in [0.5, 0.6) is 0 Å². The van der Waals surface area contributed by atoms with E-state index >= 15 is 0 Å². The summed E-state index contributed by atoms with van der Waals surface area (Å²) in [6.07, 6.45) is 1.44. The van der Waals surface area contributed by atoms with Crippen LogP contribution in [0.25, 0.3) is 21.3 Å². The number of thiazole rings is 1. The van der Waals surface area contributed by atoms with E-state index in [4.69, 9.17) is 4.74 Å². The normalized spacial score (nSPS) is 11.0. The highest BCUT2D eigenvalue weighted by Gasteiger charge is 2.15. The van der Waals surface area contributed by atoms with Crippen LogP contribution in [0.1, 0.15) is 22.2 Å². The van der Waals surface area contributed by atoms with Gasteiger partial charge in [-0.15, -0.1) is 11.3 Å². The van der Waals surface area contributed by atoms with Crippen LogP contribution in [0.3, 0.4) is 0 Å². The minimum absolute atomic E-state index is 0.290. The number of benzene rings is 2.